The smallest absolute Gasteiger partial charge is 0.321 e. The lowest BCUT2D eigenvalue weighted by Crippen LogP contribution is -2.06. The second-order valence-corrected chi connectivity index (χ2v) is 2.86. The summed E-state index contributed by atoms with van der Waals surface area (Å²) in [5, 5.41) is 6.66. The van der Waals surface area contributed by atoms with Crippen molar-refractivity contribution in [1.82, 2.24) is 20.1 Å². The highest BCUT2D eigenvalue weighted by molar-refractivity contribution is 5.17. The molecular formula is C8H11N5O. The maximum Gasteiger partial charge on any atom is 0.321 e. The van der Waals surface area contributed by atoms with E-state index < -0.39 is 0 Å². The van der Waals surface area contributed by atoms with Crippen molar-refractivity contribution in [2.75, 3.05) is 11.9 Å². The second-order valence-electron chi connectivity index (χ2n) is 2.86. The van der Waals surface area contributed by atoms with Gasteiger partial charge in [0.25, 0.3) is 0 Å². The Hall–Kier alpha value is -1.85. The molecule has 2 aromatic rings. The molecule has 2 heterocycles. The van der Waals surface area contributed by atoms with Crippen LogP contribution in [0.2, 0.25) is 0 Å². The fourth-order valence-corrected chi connectivity index (χ4v) is 1.09. The molecule has 0 aliphatic rings. The molecule has 0 aromatic carbocycles. The fraction of sp³-hybridized carbons (Fsp3) is 0.375. The van der Waals surface area contributed by atoms with Crippen LogP contribution in [0.3, 0.4) is 0 Å². The molecule has 2 N–H and O–H groups in total. The van der Waals surface area contributed by atoms with Crippen molar-refractivity contribution in [3.8, 4) is 0 Å². The summed E-state index contributed by atoms with van der Waals surface area (Å²) in [6.07, 6.45) is 4.33. The molecule has 6 nitrogen and oxygen atoms in total. The summed E-state index contributed by atoms with van der Waals surface area (Å²) in [5.74, 6) is 1.57. The number of hydrogen-bond acceptors (Lipinski definition) is 5. The first-order chi connectivity index (χ1) is 6.84. The van der Waals surface area contributed by atoms with E-state index >= 15 is 0 Å². The van der Waals surface area contributed by atoms with Gasteiger partial charge in [0.1, 0.15) is 5.82 Å². The van der Waals surface area contributed by atoms with E-state index in [1.807, 2.05) is 0 Å². The van der Waals surface area contributed by atoms with Gasteiger partial charge in [-0.3, -0.25) is 0 Å². The first-order valence-electron chi connectivity index (χ1n) is 4.37. The van der Waals surface area contributed by atoms with Gasteiger partial charge in [-0.25, -0.2) is 4.98 Å². The minimum atomic E-state index is 0.453. The van der Waals surface area contributed by atoms with Gasteiger partial charge in [-0.1, -0.05) is 5.16 Å². The van der Waals surface area contributed by atoms with Crippen LogP contribution in [0.4, 0.5) is 6.01 Å². The van der Waals surface area contributed by atoms with Gasteiger partial charge in [-0.15, -0.1) is 0 Å². The third-order valence-corrected chi connectivity index (χ3v) is 1.72. The number of nitrogens with one attached hydrogen (secondary N) is 2. The normalized spacial score (nSPS) is 10.4. The van der Waals surface area contributed by atoms with E-state index in [-0.39, 0.29) is 0 Å². The Morgan fingerprint density at radius 2 is 2.50 bits per heavy atom. The van der Waals surface area contributed by atoms with Gasteiger partial charge < -0.3 is 14.8 Å². The highest BCUT2D eigenvalue weighted by Crippen LogP contribution is 2.01. The molecule has 0 spiro atoms. The number of anilines is 1. The highest BCUT2D eigenvalue weighted by Gasteiger charge is 2.00. The van der Waals surface area contributed by atoms with E-state index in [9.17, 15) is 0 Å². The van der Waals surface area contributed by atoms with Crippen LogP contribution in [-0.2, 0) is 6.42 Å². The third-order valence-electron chi connectivity index (χ3n) is 1.72. The van der Waals surface area contributed by atoms with Crippen LogP contribution in [0.25, 0.3) is 0 Å². The number of nitrogens with zero attached hydrogens (tertiary/aromatic N) is 3. The van der Waals surface area contributed by atoms with Gasteiger partial charge >= 0.3 is 6.01 Å². The summed E-state index contributed by atoms with van der Waals surface area (Å²) < 4.78 is 4.88. The minimum Gasteiger partial charge on any atom is -0.349 e. The molecule has 0 saturated carbocycles. The van der Waals surface area contributed by atoms with Crippen LogP contribution in [0, 0.1) is 6.92 Å². The molecule has 6 heteroatoms. The molecule has 0 aliphatic heterocycles. The number of aromatic amines is 1. The van der Waals surface area contributed by atoms with Gasteiger partial charge in [0.2, 0.25) is 0 Å². The molecule has 0 radical (unpaired) electrons. The lowest BCUT2D eigenvalue weighted by atomic mass is 10.4. The summed E-state index contributed by atoms with van der Waals surface area (Å²) >= 11 is 0. The molecule has 2 rings (SSSR count). The molecule has 0 saturated heterocycles. The molecular weight excluding hydrogens is 182 g/mol. The lowest BCUT2D eigenvalue weighted by Gasteiger charge is -1.97. The number of aryl methyl sites for hydroxylation is 1. The first kappa shape index (κ1) is 8.74. The molecule has 0 atom stereocenters. The van der Waals surface area contributed by atoms with E-state index in [4.69, 9.17) is 4.52 Å². The monoisotopic (exact) mass is 193 g/mol. The maximum atomic E-state index is 4.88. The Bertz CT molecular complexity index is 380. The number of H-pyrrole nitrogens is 1. The van der Waals surface area contributed by atoms with Crippen molar-refractivity contribution in [3.05, 3.63) is 24.0 Å². The van der Waals surface area contributed by atoms with Crippen LogP contribution < -0.4 is 5.32 Å². The van der Waals surface area contributed by atoms with Crippen molar-refractivity contribution in [2.24, 2.45) is 0 Å². The summed E-state index contributed by atoms with van der Waals surface area (Å²) in [4.78, 5) is 11.1. The zero-order valence-corrected chi connectivity index (χ0v) is 7.82. The molecule has 0 bridgehead atoms. The molecule has 0 fully saturated rings. The lowest BCUT2D eigenvalue weighted by molar-refractivity contribution is 0.425. The average Bonchev–Trinajstić information content (AvgIpc) is 2.77. The van der Waals surface area contributed by atoms with Crippen LogP contribution in [0.1, 0.15) is 11.6 Å². The van der Waals surface area contributed by atoms with Crippen molar-refractivity contribution in [3.63, 3.8) is 0 Å². The van der Waals surface area contributed by atoms with Gasteiger partial charge in [0.15, 0.2) is 5.82 Å². The predicted molar refractivity (Wildman–Crippen MR) is 49.8 cm³/mol. The molecule has 2 aromatic heterocycles. The Balaban J connectivity index is 1.78. The van der Waals surface area contributed by atoms with Gasteiger partial charge in [0, 0.05) is 25.4 Å². The van der Waals surface area contributed by atoms with Gasteiger partial charge in [-0.05, 0) is 6.92 Å². The third kappa shape index (κ3) is 2.09. The largest absolute Gasteiger partial charge is 0.349 e. The maximum absolute atomic E-state index is 4.88. The number of hydrogen-bond donors (Lipinski definition) is 2. The first-order valence-corrected chi connectivity index (χ1v) is 4.37. The van der Waals surface area contributed by atoms with Crippen molar-refractivity contribution < 1.29 is 4.52 Å². The van der Waals surface area contributed by atoms with E-state index in [0.29, 0.717) is 11.8 Å². The molecule has 0 aliphatic carbocycles. The Labute approximate surface area is 80.7 Å². The van der Waals surface area contributed by atoms with Crippen LogP contribution in [-0.4, -0.2) is 26.7 Å². The zero-order chi connectivity index (χ0) is 9.80. The zero-order valence-electron chi connectivity index (χ0n) is 7.82. The standard InChI is InChI=1S/C8H11N5O/c1-6-12-8(14-13-6)11-3-2-7-9-4-5-10-7/h4-5H,2-3H2,1H3,(H,9,10)(H,11,12,13). The van der Waals surface area contributed by atoms with E-state index in [1.54, 1.807) is 19.3 Å². The quantitative estimate of drug-likeness (QED) is 0.749. The molecule has 14 heavy (non-hydrogen) atoms. The van der Waals surface area contributed by atoms with E-state index in [2.05, 4.69) is 25.4 Å². The molecule has 0 amide bonds. The summed E-state index contributed by atoms with van der Waals surface area (Å²) in [6, 6.07) is 0.453. The van der Waals surface area contributed by atoms with E-state index in [0.717, 1.165) is 18.8 Å². The van der Waals surface area contributed by atoms with Crippen molar-refractivity contribution >= 4 is 6.01 Å². The van der Waals surface area contributed by atoms with Crippen LogP contribution in [0.15, 0.2) is 16.9 Å². The van der Waals surface area contributed by atoms with Crippen molar-refractivity contribution in [1.29, 1.82) is 0 Å². The second kappa shape index (κ2) is 3.91. The fourth-order valence-electron chi connectivity index (χ4n) is 1.09. The topological polar surface area (TPSA) is 79.6 Å². The van der Waals surface area contributed by atoms with Crippen molar-refractivity contribution in [2.45, 2.75) is 13.3 Å². The van der Waals surface area contributed by atoms with Crippen LogP contribution in [0.5, 0.6) is 0 Å². The van der Waals surface area contributed by atoms with Gasteiger partial charge in [0.05, 0.1) is 0 Å². The molecule has 74 valence electrons. The summed E-state index contributed by atoms with van der Waals surface area (Å²) in [6.45, 7) is 2.50. The van der Waals surface area contributed by atoms with E-state index in [1.165, 1.54) is 0 Å². The number of rotatable bonds is 4. The number of aromatic nitrogens is 4. The number of imidazole rings is 1. The minimum absolute atomic E-state index is 0.453. The highest BCUT2D eigenvalue weighted by atomic mass is 16.5. The Morgan fingerprint density at radius 3 is 3.14 bits per heavy atom. The Kier molecular flexibility index (Phi) is 2.44. The average molecular weight is 193 g/mol. The van der Waals surface area contributed by atoms with Crippen LogP contribution >= 0.6 is 0 Å². The molecule has 0 unspecified atom stereocenters. The summed E-state index contributed by atoms with van der Waals surface area (Å²) in [5.41, 5.74) is 0. The Morgan fingerprint density at radius 1 is 1.57 bits per heavy atom. The SMILES string of the molecule is Cc1noc(NCCc2ncc[nH]2)n1. The van der Waals surface area contributed by atoms with Gasteiger partial charge in [-0.2, -0.15) is 4.98 Å². The predicted octanol–water partition coefficient (Wildman–Crippen LogP) is 0.756. The summed E-state index contributed by atoms with van der Waals surface area (Å²) in [7, 11) is 0.